The number of amides is 1. The molecule has 1 fully saturated rings. The van der Waals surface area contributed by atoms with E-state index in [1.807, 2.05) is 11.9 Å². The molecule has 0 radical (unpaired) electrons. The molecule has 0 spiro atoms. The summed E-state index contributed by atoms with van der Waals surface area (Å²) in [5.41, 5.74) is 0. The van der Waals surface area contributed by atoms with Gasteiger partial charge in [0.25, 0.3) is 5.82 Å². The Morgan fingerprint density at radius 3 is 2.81 bits per heavy atom. The van der Waals surface area contributed by atoms with Gasteiger partial charge in [-0.3, -0.25) is 4.79 Å². The summed E-state index contributed by atoms with van der Waals surface area (Å²) in [6, 6.07) is 0.287. The van der Waals surface area contributed by atoms with Crippen LogP contribution in [0.3, 0.4) is 0 Å². The van der Waals surface area contributed by atoms with Crippen molar-refractivity contribution in [1.82, 2.24) is 19.7 Å². The van der Waals surface area contributed by atoms with Crippen molar-refractivity contribution in [2.75, 3.05) is 14.2 Å². The van der Waals surface area contributed by atoms with Crippen LogP contribution in [0.4, 0.5) is 0 Å². The Hall–Kier alpha value is -1.92. The summed E-state index contributed by atoms with van der Waals surface area (Å²) in [4.78, 5) is 29.3. The Morgan fingerprint density at radius 2 is 2.14 bits per heavy atom. The van der Waals surface area contributed by atoms with Crippen LogP contribution in [0.2, 0.25) is 0 Å². The van der Waals surface area contributed by atoms with Crippen LogP contribution in [0.5, 0.6) is 0 Å². The van der Waals surface area contributed by atoms with Gasteiger partial charge in [-0.05, 0) is 18.8 Å². The van der Waals surface area contributed by atoms with Crippen LogP contribution < -0.4 is 0 Å². The fourth-order valence-corrected chi connectivity index (χ4v) is 2.86. The van der Waals surface area contributed by atoms with Gasteiger partial charge in [0, 0.05) is 13.1 Å². The lowest BCUT2D eigenvalue weighted by Crippen LogP contribution is -2.44. The number of likely N-dealkylation sites (N-methyl/N-ethyl adjacent to an activating group) is 1. The minimum absolute atomic E-state index is 0.0185. The Labute approximate surface area is 124 Å². The van der Waals surface area contributed by atoms with E-state index in [-0.39, 0.29) is 24.3 Å². The van der Waals surface area contributed by atoms with E-state index in [0.29, 0.717) is 5.92 Å². The SMILES string of the molecule is COC(=O)c1ncn(CC(=O)N(C)[C@@H]2CCCC[C@@H]2C)n1. The molecule has 1 amide bonds. The molecule has 0 bridgehead atoms. The van der Waals surface area contributed by atoms with Crippen molar-refractivity contribution in [3.8, 4) is 0 Å². The molecule has 1 saturated carbocycles. The normalized spacial score (nSPS) is 21.9. The average Bonchev–Trinajstić information content (AvgIpc) is 2.94. The Morgan fingerprint density at radius 1 is 1.43 bits per heavy atom. The second-order valence-corrected chi connectivity index (χ2v) is 5.59. The molecule has 0 saturated heterocycles. The summed E-state index contributed by atoms with van der Waals surface area (Å²) in [6.07, 6.45) is 6.00. The zero-order chi connectivity index (χ0) is 15.4. The van der Waals surface area contributed by atoms with Crippen LogP contribution in [0.25, 0.3) is 0 Å². The standard InChI is InChI=1S/C14H22N4O3/c1-10-6-4-5-7-11(10)17(2)12(19)8-18-9-15-13(16-18)14(20)21-3/h9-11H,4-8H2,1-3H3/t10-,11+/m0/s1. The van der Waals surface area contributed by atoms with Crippen molar-refractivity contribution in [2.24, 2.45) is 5.92 Å². The average molecular weight is 294 g/mol. The van der Waals surface area contributed by atoms with Gasteiger partial charge in [0.2, 0.25) is 5.91 Å². The lowest BCUT2D eigenvalue weighted by molar-refractivity contribution is -0.134. The van der Waals surface area contributed by atoms with Crippen molar-refractivity contribution in [2.45, 2.75) is 45.2 Å². The summed E-state index contributed by atoms with van der Waals surface area (Å²) >= 11 is 0. The summed E-state index contributed by atoms with van der Waals surface area (Å²) in [7, 11) is 3.11. The molecule has 0 aliphatic heterocycles. The third kappa shape index (κ3) is 3.59. The molecule has 116 valence electrons. The fourth-order valence-electron chi connectivity index (χ4n) is 2.86. The number of hydrogen-bond donors (Lipinski definition) is 0. The first-order valence-electron chi connectivity index (χ1n) is 7.26. The van der Waals surface area contributed by atoms with Crippen molar-refractivity contribution in [3.63, 3.8) is 0 Å². The number of hydrogen-bond acceptors (Lipinski definition) is 5. The van der Waals surface area contributed by atoms with Gasteiger partial charge in [-0.25, -0.2) is 14.5 Å². The summed E-state index contributed by atoms with van der Waals surface area (Å²) in [5, 5.41) is 3.95. The maximum atomic E-state index is 12.3. The predicted molar refractivity (Wildman–Crippen MR) is 75.6 cm³/mol. The van der Waals surface area contributed by atoms with Gasteiger partial charge in [-0.2, -0.15) is 0 Å². The highest BCUT2D eigenvalue weighted by atomic mass is 16.5. The van der Waals surface area contributed by atoms with E-state index >= 15 is 0 Å². The number of carbonyl (C=O) groups excluding carboxylic acids is 2. The van der Waals surface area contributed by atoms with Gasteiger partial charge in [0.05, 0.1) is 7.11 Å². The zero-order valence-electron chi connectivity index (χ0n) is 12.8. The van der Waals surface area contributed by atoms with Gasteiger partial charge in [-0.1, -0.05) is 19.8 Å². The van der Waals surface area contributed by atoms with E-state index < -0.39 is 5.97 Å². The molecule has 7 heteroatoms. The predicted octanol–water partition coefficient (Wildman–Crippen LogP) is 1.10. The molecule has 7 nitrogen and oxygen atoms in total. The van der Waals surface area contributed by atoms with Crippen LogP contribution in [-0.4, -0.2) is 51.7 Å². The number of carbonyl (C=O) groups is 2. The van der Waals surface area contributed by atoms with Crippen LogP contribution in [0, 0.1) is 5.92 Å². The number of rotatable bonds is 4. The number of nitrogens with zero attached hydrogens (tertiary/aromatic N) is 4. The van der Waals surface area contributed by atoms with Gasteiger partial charge < -0.3 is 9.64 Å². The number of esters is 1. The maximum absolute atomic E-state index is 12.3. The Bertz CT molecular complexity index is 514. The van der Waals surface area contributed by atoms with E-state index in [9.17, 15) is 9.59 Å². The number of aromatic nitrogens is 3. The minimum atomic E-state index is -0.601. The molecule has 1 aliphatic carbocycles. The van der Waals surface area contributed by atoms with Gasteiger partial charge in [-0.15, -0.1) is 5.10 Å². The third-order valence-electron chi connectivity index (χ3n) is 4.16. The van der Waals surface area contributed by atoms with Crippen LogP contribution in [0.15, 0.2) is 6.33 Å². The second kappa shape index (κ2) is 6.69. The van der Waals surface area contributed by atoms with Crippen molar-refractivity contribution in [3.05, 3.63) is 12.2 Å². The molecular weight excluding hydrogens is 272 g/mol. The maximum Gasteiger partial charge on any atom is 0.377 e. The molecule has 1 heterocycles. The summed E-state index contributed by atoms with van der Waals surface area (Å²) in [6.45, 7) is 2.28. The molecular formula is C14H22N4O3. The lowest BCUT2D eigenvalue weighted by Gasteiger charge is -2.36. The quantitative estimate of drug-likeness (QED) is 0.777. The van der Waals surface area contributed by atoms with E-state index in [2.05, 4.69) is 21.7 Å². The highest BCUT2D eigenvalue weighted by Gasteiger charge is 2.28. The van der Waals surface area contributed by atoms with E-state index in [1.54, 1.807) is 0 Å². The van der Waals surface area contributed by atoms with Crippen molar-refractivity contribution < 1.29 is 14.3 Å². The molecule has 1 aromatic heterocycles. The first kappa shape index (κ1) is 15.5. The molecule has 21 heavy (non-hydrogen) atoms. The molecule has 0 N–H and O–H groups in total. The summed E-state index contributed by atoms with van der Waals surface area (Å²) in [5.74, 6) is -0.126. The van der Waals surface area contributed by atoms with E-state index in [4.69, 9.17) is 0 Å². The minimum Gasteiger partial charge on any atom is -0.463 e. The summed E-state index contributed by atoms with van der Waals surface area (Å²) < 4.78 is 5.91. The Kier molecular flexibility index (Phi) is 4.93. The van der Waals surface area contributed by atoms with Crippen LogP contribution in [-0.2, 0) is 16.1 Å². The first-order chi connectivity index (χ1) is 10.0. The Balaban J connectivity index is 1.97. The van der Waals surface area contributed by atoms with E-state index in [1.165, 1.54) is 31.0 Å². The van der Waals surface area contributed by atoms with Gasteiger partial charge >= 0.3 is 5.97 Å². The van der Waals surface area contributed by atoms with Crippen LogP contribution in [0.1, 0.15) is 43.2 Å². The largest absolute Gasteiger partial charge is 0.463 e. The topological polar surface area (TPSA) is 77.3 Å². The highest BCUT2D eigenvalue weighted by Crippen LogP contribution is 2.27. The monoisotopic (exact) mass is 294 g/mol. The molecule has 2 atom stereocenters. The first-order valence-corrected chi connectivity index (χ1v) is 7.26. The van der Waals surface area contributed by atoms with Gasteiger partial charge in [0.1, 0.15) is 12.9 Å². The van der Waals surface area contributed by atoms with Gasteiger partial charge in [0.15, 0.2) is 0 Å². The van der Waals surface area contributed by atoms with Crippen LogP contribution >= 0.6 is 0 Å². The molecule has 1 aliphatic rings. The van der Waals surface area contributed by atoms with Crippen molar-refractivity contribution in [1.29, 1.82) is 0 Å². The fraction of sp³-hybridized carbons (Fsp3) is 0.714. The van der Waals surface area contributed by atoms with E-state index in [0.717, 1.165) is 12.8 Å². The second-order valence-electron chi connectivity index (χ2n) is 5.59. The third-order valence-corrected chi connectivity index (χ3v) is 4.16. The lowest BCUT2D eigenvalue weighted by atomic mass is 9.85. The molecule has 2 rings (SSSR count). The zero-order valence-corrected chi connectivity index (χ0v) is 12.8. The molecule has 1 aromatic rings. The number of methoxy groups -OCH3 is 1. The molecule has 0 aromatic carbocycles. The van der Waals surface area contributed by atoms with Crippen molar-refractivity contribution >= 4 is 11.9 Å². The molecule has 0 unspecified atom stereocenters. The highest BCUT2D eigenvalue weighted by molar-refractivity contribution is 5.84. The smallest absolute Gasteiger partial charge is 0.377 e. The number of ether oxygens (including phenoxy) is 1.